The standard InChI is InChI=1S/C22H28BrN3O6S2/c1-33(28,29)26(21-8-4-3-7-20(21)23)17-22(27)24-13-16-32-18-9-11-19(12-10-18)34(30,31)25-14-5-2-6-15-25/h3-4,7-12H,2,5-6,13-17H2,1H3,(H,24,27). The molecule has 1 N–H and O–H groups in total. The fourth-order valence-electron chi connectivity index (χ4n) is 3.54. The van der Waals surface area contributed by atoms with Crippen molar-refractivity contribution in [2.24, 2.45) is 0 Å². The minimum Gasteiger partial charge on any atom is -0.492 e. The van der Waals surface area contributed by atoms with Crippen LogP contribution in [0.4, 0.5) is 5.69 Å². The average Bonchev–Trinajstić information content (AvgIpc) is 2.81. The van der Waals surface area contributed by atoms with Crippen LogP contribution in [-0.4, -0.2) is 66.1 Å². The topological polar surface area (TPSA) is 113 Å². The second kappa shape index (κ2) is 11.5. The third-order valence-corrected chi connectivity index (χ3v) is 8.99. The number of hydrogen-bond donors (Lipinski definition) is 1. The number of carbonyl (C=O) groups excluding carboxylic acids is 1. The Morgan fingerprint density at radius 2 is 1.68 bits per heavy atom. The molecule has 2 aromatic rings. The second-order valence-electron chi connectivity index (χ2n) is 7.86. The van der Waals surface area contributed by atoms with E-state index in [1.54, 1.807) is 36.4 Å². The normalized spacial score (nSPS) is 15.0. The number of carbonyl (C=O) groups is 1. The van der Waals surface area contributed by atoms with Crippen LogP contribution in [0, 0.1) is 0 Å². The summed E-state index contributed by atoms with van der Waals surface area (Å²) >= 11 is 3.31. The summed E-state index contributed by atoms with van der Waals surface area (Å²) < 4.78 is 58.5. The highest BCUT2D eigenvalue weighted by molar-refractivity contribution is 9.10. The summed E-state index contributed by atoms with van der Waals surface area (Å²) in [7, 11) is -7.18. The smallest absolute Gasteiger partial charge is 0.243 e. The molecule has 2 aromatic carbocycles. The van der Waals surface area contributed by atoms with Crippen molar-refractivity contribution in [2.45, 2.75) is 24.2 Å². The van der Waals surface area contributed by atoms with E-state index in [1.165, 1.54) is 16.4 Å². The first-order chi connectivity index (χ1) is 16.1. The van der Waals surface area contributed by atoms with Crippen molar-refractivity contribution >= 4 is 47.6 Å². The maximum absolute atomic E-state index is 12.7. The SMILES string of the molecule is CS(=O)(=O)N(CC(=O)NCCOc1ccc(S(=O)(=O)N2CCCCC2)cc1)c1ccccc1Br. The molecule has 1 aliphatic heterocycles. The molecule has 34 heavy (non-hydrogen) atoms. The summed E-state index contributed by atoms with van der Waals surface area (Å²) in [6.45, 7) is 0.999. The number of piperidine rings is 1. The van der Waals surface area contributed by atoms with Gasteiger partial charge in [0.2, 0.25) is 26.0 Å². The lowest BCUT2D eigenvalue weighted by Crippen LogP contribution is -2.41. The van der Waals surface area contributed by atoms with Gasteiger partial charge in [0.1, 0.15) is 18.9 Å². The number of ether oxygens (including phenoxy) is 1. The van der Waals surface area contributed by atoms with E-state index in [4.69, 9.17) is 4.74 Å². The van der Waals surface area contributed by atoms with Crippen LogP contribution in [0.5, 0.6) is 5.75 Å². The molecule has 0 aromatic heterocycles. The highest BCUT2D eigenvalue weighted by Gasteiger charge is 2.26. The summed E-state index contributed by atoms with van der Waals surface area (Å²) in [6, 6.07) is 12.9. The molecule has 1 aliphatic rings. The van der Waals surface area contributed by atoms with Gasteiger partial charge in [0.05, 0.1) is 23.4 Å². The van der Waals surface area contributed by atoms with Gasteiger partial charge in [-0.25, -0.2) is 16.8 Å². The van der Waals surface area contributed by atoms with Crippen LogP contribution in [0.15, 0.2) is 57.9 Å². The first kappa shape index (κ1) is 26.5. The van der Waals surface area contributed by atoms with E-state index in [0.29, 0.717) is 29.0 Å². The van der Waals surface area contributed by atoms with Gasteiger partial charge >= 0.3 is 0 Å². The van der Waals surface area contributed by atoms with E-state index in [-0.39, 0.29) is 24.6 Å². The van der Waals surface area contributed by atoms with Crippen molar-refractivity contribution < 1.29 is 26.4 Å². The monoisotopic (exact) mass is 573 g/mol. The molecule has 1 amide bonds. The summed E-state index contributed by atoms with van der Waals surface area (Å²) in [5, 5.41) is 2.64. The number of rotatable bonds is 10. The van der Waals surface area contributed by atoms with Crippen molar-refractivity contribution in [3.63, 3.8) is 0 Å². The van der Waals surface area contributed by atoms with Crippen LogP contribution in [0.2, 0.25) is 0 Å². The van der Waals surface area contributed by atoms with E-state index in [9.17, 15) is 21.6 Å². The van der Waals surface area contributed by atoms with Gasteiger partial charge in [-0.3, -0.25) is 9.10 Å². The molecule has 0 unspecified atom stereocenters. The number of para-hydroxylation sites is 1. The van der Waals surface area contributed by atoms with Gasteiger partial charge in [0.15, 0.2) is 0 Å². The number of amides is 1. The molecule has 0 bridgehead atoms. The third-order valence-electron chi connectivity index (χ3n) is 5.28. The van der Waals surface area contributed by atoms with Crippen LogP contribution in [0.3, 0.4) is 0 Å². The number of nitrogens with zero attached hydrogens (tertiary/aromatic N) is 2. The Hall–Kier alpha value is -2.15. The van der Waals surface area contributed by atoms with Crippen LogP contribution in [-0.2, 0) is 24.8 Å². The Balaban J connectivity index is 1.50. The largest absolute Gasteiger partial charge is 0.492 e. The van der Waals surface area contributed by atoms with Crippen molar-refractivity contribution in [3.8, 4) is 5.75 Å². The zero-order valence-corrected chi connectivity index (χ0v) is 22.0. The lowest BCUT2D eigenvalue weighted by atomic mass is 10.2. The molecule has 1 fully saturated rings. The molecule has 186 valence electrons. The molecule has 3 rings (SSSR count). The van der Waals surface area contributed by atoms with Crippen molar-refractivity contribution in [2.75, 3.05) is 43.3 Å². The quantitative estimate of drug-likeness (QED) is 0.437. The van der Waals surface area contributed by atoms with Crippen molar-refractivity contribution in [1.82, 2.24) is 9.62 Å². The Morgan fingerprint density at radius 3 is 2.29 bits per heavy atom. The van der Waals surface area contributed by atoms with Crippen LogP contribution in [0.25, 0.3) is 0 Å². The molecular weight excluding hydrogens is 546 g/mol. The number of halogens is 1. The van der Waals surface area contributed by atoms with Gasteiger partial charge in [0, 0.05) is 17.6 Å². The first-order valence-corrected chi connectivity index (χ1v) is 14.9. The Bertz CT molecular complexity index is 1200. The molecule has 1 saturated heterocycles. The molecule has 0 saturated carbocycles. The number of anilines is 1. The maximum atomic E-state index is 12.7. The molecular formula is C22H28BrN3O6S2. The fourth-order valence-corrected chi connectivity index (χ4v) is 6.54. The molecule has 0 spiro atoms. The van der Waals surface area contributed by atoms with Gasteiger partial charge in [0.25, 0.3) is 0 Å². The average molecular weight is 575 g/mol. The van der Waals surface area contributed by atoms with Crippen LogP contribution < -0.4 is 14.4 Å². The molecule has 12 heteroatoms. The van der Waals surface area contributed by atoms with E-state index in [2.05, 4.69) is 21.2 Å². The molecule has 9 nitrogen and oxygen atoms in total. The van der Waals surface area contributed by atoms with E-state index in [1.807, 2.05) is 0 Å². The van der Waals surface area contributed by atoms with E-state index in [0.717, 1.165) is 29.8 Å². The molecule has 1 heterocycles. The lowest BCUT2D eigenvalue weighted by molar-refractivity contribution is -0.119. The molecule has 0 atom stereocenters. The van der Waals surface area contributed by atoms with E-state index < -0.39 is 26.0 Å². The number of nitrogens with one attached hydrogen (secondary N) is 1. The first-order valence-electron chi connectivity index (χ1n) is 10.8. The van der Waals surface area contributed by atoms with Crippen molar-refractivity contribution in [1.29, 1.82) is 0 Å². The predicted octanol–water partition coefficient (Wildman–Crippen LogP) is 2.58. The zero-order valence-electron chi connectivity index (χ0n) is 18.8. The second-order valence-corrected chi connectivity index (χ2v) is 12.6. The Morgan fingerprint density at radius 1 is 1.03 bits per heavy atom. The summed E-state index contributed by atoms with van der Waals surface area (Å²) in [4.78, 5) is 12.6. The highest BCUT2D eigenvalue weighted by Crippen LogP contribution is 2.27. The summed E-state index contributed by atoms with van der Waals surface area (Å²) in [5.41, 5.74) is 0.371. The zero-order chi connectivity index (χ0) is 24.8. The van der Waals surface area contributed by atoms with Crippen molar-refractivity contribution in [3.05, 3.63) is 53.0 Å². The van der Waals surface area contributed by atoms with Gasteiger partial charge in [-0.1, -0.05) is 18.6 Å². The molecule has 0 aliphatic carbocycles. The number of benzene rings is 2. The molecule has 0 radical (unpaired) electrons. The summed E-state index contributed by atoms with van der Waals surface area (Å²) in [5.74, 6) is -0.00873. The van der Waals surface area contributed by atoms with Gasteiger partial charge in [-0.15, -0.1) is 0 Å². The third kappa shape index (κ3) is 6.94. The predicted molar refractivity (Wildman–Crippen MR) is 134 cm³/mol. The maximum Gasteiger partial charge on any atom is 0.243 e. The van der Waals surface area contributed by atoms with Crippen LogP contribution in [0.1, 0.15) is 19.3 Å². The van der Waals surface area contributed by atoms with E-state index >= 15 is 0 Å². The Kier molecular flexibility index (Phi) is 8.96. The highest BCUT2D eigenvalue weighted by atomic mass is 79.9. The minimum absolute atomic E-state index is 0.137. The number of hydrogen-bond acceptors (Lipinski definition) is 6. The van der Waals surface area contributed by atoms with Gasteiger partial charge < -0.3 is 10.1 Å². The fraction of sp³-hybridized carbons (Fsp3) is 0.409. The van der Waals surface area contributed by atoms with Crippen LogP contribution >= 0.6 is 15.9 Å². The Labute approximate surface area is 209 Å². The number of sulfonamides is 2. The van der Waals surface area contributed by atoms with Gasteiger partial charge in [-0.2, -0.15) is 4.31 Å². The summed E-state index contributed by atoms with van der Waals surface area (Å²) in [6.07, 6.45) is 3.83. The minimum atomic E-state index is -3.67. The van der Waals surface area contributed by atoms with Gasteiger partial charge in [-0.05, 0) is 65.2 Å². The lowest BCUT2D eigenvalue weighted by Gasteiger charge is -2.25.